The summed E-state index contributed by atoms with van der Waals surface area (Å²) in [5, 5.41) is 29.3. The van der Waals surface area contributed by atoms with Crippen LogP contribution in [0, 0.1) is 18.3 Å². The number of esters is 3. The Morgan fingerprint density at radius 1 is 0.761 bits per heavy atom. The molecule has 0 bridgehead atoms. The second-order valence-electron chi connectivity index (χ2n) is 15.1. The van der Waals surface area contributed by atoms with Gasteiger partial charge in [-0.3, -0.25) is 47.7 Å². The Balaban J connectivity index is 0.000000191. The molecule has 0 unspecified atom stereocenters. The molecule has 0 radical (unpaired) electrons. The topological polar surface area (TPSA) is 298 Å². The van der Waals surface area contributed by atoms with Crippen molar-refractivity contribution in [1.82, 2.24) is 63.0 Å². The van der Waals surface area contributed by atoms with Gasteiger partial charge in [0.05, 0.1) is 66.1 Å². The number of carbonyl (C=O) groups excluding carboxylic acids is 6. The van der Waals surface area contributed by atoms with E-state index in [4.69, 9.17) is 14.7 Å². The molecule has 0 aliphatic carbocycles. The van der Waals surface area contributed by atoms with Gasteiger partial charge in [-0.05, 0) is 45.4 Å². The Labute approximate surface area is 405 Å². The largest absolute Gasteiger partial charge is 0.465 e. The van der Waals surface area contributed by atoms with Crippen molar-refractivity contribution in [2.24, 2.45) is 54.3 Å². The van der Waals surface area contributed by atoms with Gasteiger partial charge in [0.2, 0.25) is 0 Å². The summed E-state index contributed by atoms with van der Waals surface area (Å²) in [5.41, 5.74) is 8.39. The minimum absolute atomic E-state index is 0.0966. The number of allylic oxidation sites excluding steroid dienone is 1. The molecule has 25 heteroatoms. The lowest BCUT2D eigenvalue weighted by Crippen LogP contribution is -2.20. The van der Waals surface area contributed by atoms with Gasteiger partial charge in [0.15, 0.2) is 12.6 Å². The average molecular weight is 978 g/mol. The highest BCUT2D eigenvalue weighted by molar-refractivity contribution is 6.07. The summed E-state index contributed by atoms with van der Waals surface area (Å²) < 4.78 is 25.7. The van der Waals surface area contributed by atoms with E-state index in [1.807, 2.05) is 51.2 Å². The number of aryl methyl sites for hydroxylation is 8. The Morgan fingerprint density at radius 3 is 1.87 bits per heavy atom. The van der Waals surface area contributed by atoms with Crippen LogP contribution in [0.3, 0.4) is 0 Å². The number of rotatable bonds is 9. The number of carbonyl (C=O) groups is 6. The minimum atomic E-state index is -0.502. The molecule has 1 N–H and O–H groups in total. The maximum atomic E-state index is 11.9. The number of fused-ring (bicyclic) bond motifs is 5. The maximum absolute atomic E-state index is 11.9. The van der Waals surface area contributed by atoms with E-state index in [0.29, 0.717) is 48.5 Å². The molecule has 8 aromatic heterocycles. The number of aromatic amines is 1. The number of aromatic nitrogens is 13. The predicted octanol–water partition coefficient (Wildman–Crippen LogP) is 3.34. The highest BCUT2D eigenvalue weighted by Gasteiger charge is 2.24. The first kappa shape index (κ1) is 54.5. The van der Waals surface area contributed by atoms with E-state index >= 15 is 0 Å². The van der Waals surface area contributed by atoms with E-state index in [0.717, 1.165) is 56.7 Å². The predicted molar refractivity (Wildman–Crippen MR) is 260 cm³/mol. The second kappa shape index (κ2) is 25.3. The molecule has 0 saturated heterocycles. The molecule has 0 amide bonds. The van der Waals surface area contributed by atoms with Crippen molar-refractivity contribution in [2.45, 2.75) is 34.1 Å². The molecule has 0 aromatic carbocycles. The molecule has 25 nitrogen and oxygen atoms in total. The summed E-state index contributed by atoms with van der Waals surface area (Å²) in [7, 11) is 12.5. The molecule has 9 rings (SSSR count). The lowest BCUT2D eigenvalue weighted by molar-refractivity contribution is -0.141. The average Bonchev–Trinajstić information content (AvgIpc) is 4.22. The second-order valence-corrected chi connectivity index (χ2v) is 15.1. The smallest absolute Gasteiger partial charge is 0.355 e. The van der Waals surface area contributed by atoms with Gasteiger partial charge >= 0.3 is 17.9 Å². The summed E-state index contributed by atoms with van der Waals surface area (Å²) in [6, 6.07) is 3.37. The van der Waals surface area contributed by atoms with Crippen molar-refractivity contribution < 1.29 is 43.0 Å². The van der Waals surface area contributed by atoms with E-state index in [1.54, 1.807) is 109 Å². The van der Waals surface area contributed by atoms with Crippen molar-refractivity contribution >= 4 is 87.0 Å². The number of aldehydes is 3. The van der Waals surface area contributed by atoms with Gasteiger partial charge in [-0.2, -0.15) is 30.8 Å². The van der Waals surface area contributed by atoms with Gasteiger partial charge in [-0.1, -0.05) is 0 Å². The van der Waals surface area contributed by atoms with Gasteiger partial charge in [0.1, 0.15) is 51.9 Å². The van der Waals surface area contributed by atoms with Gasteiger partial charge in [0, 0.05) is 85.9 Å². The molecular weight excluding hydrogens is 923 g/mol. The molecule has 1 aliphatic heterocycles. The summed E-state index contributed by atoms with van der Waals surface area (Å²) in [5.74, 6) is -1.29. The molecule has 8 aromatic rings. The van der Waals surface area contributed by atoms with Gasteiger partial charge < -0.3 is 28.3 Å². The molecule has 9 heterocycles. The van der Waals surface area contributed by atoms with Crippen LogP contribution in [0.1, 0.15) is 74.6 Å². The normalized spacial score (nSPS) is 11.0. The molecule has 0 saturated carbocycles. The van der Waals surface area contributed by atoms with Crippen LogP contribution < -0.4 is 5.56 Å². The van der Waals surface area contributed by atoms with Crippen LogP contribution in [0.15, 0.2) is 58.5 Å². The van der Waals surface area contributed by atoms with E-state index in [9.17, 15) is 33.6 Å². The van der Waals surface area contributed by atoms with Crippen molar-refractivity contribution in [2.75, 3.05) is 26.4 Å². The molecule has 374 valence electrons. The van der Waals surface area contributed by atoms with Crippen LogP contribution >= 0.6 is 0 Å². The van der Waals surface area contributed by atoms with Gasteiger partial charge in [-0.15, -0.1) is 0 Å². The summed E-state index contributed by atoms with van der Waals surface area (Å²) in [6.45, 7) is 8.63. The number of hydrogen-bond acceptors (Lipinski definition) is 17. The van der Waals surface area contributed by atoms with E-state index in [2.05, 4.69) is 40.2 Å². The van der Waals surface area contributed by atoms with Gasteiger partial charge in [0.25, 0.3) is 5.56 Å². The van der Waals surface area contributed by atoms with Gasteiger partial charge in [-0.25, -0.2) is 14.3 Å². The first-order valence-electron chi connectivity index (χ1n) is 21.7. The fourth-order valence-corrected chi connectivity index (χ4v) is 6.74. The van der Waals surface area contributed by atoms with Crippen LogP contribution in [0.25, 0.3) is 44.0 Å². The van der Waals surface area contributed by atoms with Crippen LogP contribution in [0.5, 0.6) is 0 Å². The number of aliphatic imine (C=N–C) groups is 1. The first-order chi connectivity index (χ1) is 33.9. The zero-order chi connectivity index (χ0) is 52.5. The maximum Gasteiger partial charge on any atom is 0.355 e. The Kier molecular flexibility index (Phi) is 19.5. The van der Waals surface area contributed by atoms with Crippen LogP contribution in [-0.2, 0) is 73.1 Å². The standard InChI is InChI=1S/C11H13N3O3.C10H11N5O.C9H11N3O2.C6H8N2O.C5H7NO2.C5H5NO/c1-4-17-11(16)10-7(6-15)9-8(14(10)3)5-13(2)12-9;1-13-5-7-8(12-13)6-4-11-15(3)10(16)9(6)14(7)2;1-3-14-9(13)7-4-6-8(10-7)5-12(2)11-6;1-5-3-8(2)7-6(5)4-9;1-2-8-5(7)3-4-6;7-4-5-1-2-6-3-5/h5-6H,4H2,1-3H3;4-5H,1-3H3;4-5,10H,3H2,1-2H3;3-4H,1-2H3;2-3H2,1H3;1-2,4H,3H2. The molecule has 0 fully saturated rings. The quantitative estimate of drug-likeness (QED) is 0.123. The fraction of sp³-hybridized carbons (Fsp3) is 0.348. The zero-order valence-electron chi connectivity index (χ0n) is 41.2. The van der Waals surface area contributed by atoms with Crippen LogP contribution in [0.2, 0.25) is 0 Å². The number of ether oxygens (including phenoxy) is 3. The van der Waals surface area contributed by atoms with Crippen molar-refractivity contribution in [1.29, 1.82) is 5.26 Å². The Hall–Kier alpha value is -9.08. The Morgan fingerprint density at radius 2 is 1.37 bits per heavy atom. The molecule has 0 spiro atoms. The van der Waals surface area contributed by atoms with E-state index in [1.165, 1.54) is 4.68 Å². The fourth-order valence-electron chi connectivity index (χ4n) is 6.74. The molecule has 0 atom stereocenters. The van der Waals surface area contributed by atoms with E-state index in [-0.39, 0.29) is 35.8 Å². The molecule has 71 heavy (non-hydrogen) atoms. The van der Waals surface area contributed by atoms with E-state index < -0.39 is 11.9 Å². The molecular formula is C46H55N15O10. The highest BCUT2D eigenvalue weighted by atomic mass is 16.5. The third kappa shape index (κ3) is 13.6. The summed E-state index contributed by atoms with van der Waals surface area (Å²) in [4.78, 5) is 83.1. The highest BCUT2D eigenvalue weighted by Crippen LogP contribution is 2.24. The zero-order valence-corrected chi connectivity index (χ0v) is 41.2. The first-order valence-corrected chi connectivity index (χ1v) is 21.7. The van der Waals surface area contributed by atoms with Crippen LogP contribution in [-0.4, -0.2) is 132 Å². The van der Waals surface area contributed by atoms with Crippen molar-refractivity contribution in [3.8, 4) is 6.07 Å². The number of H-pyrrole nitrogens is 1. The lowest BCUT2D eigenvalue weighted by Gasteiger charge is -2.04. The number of nitrogens with one attached hydrogen (secondary N) is 1. The molecule has 1 aliphatic rings. The van der Waals surface area contributed by atoms with Crippen molar-refractivity contribution in [3.63, 3.8) is 0 Å². The minimum Gasteiger partial charge on any atom is -0.465 e. The summed E-state index contributed by atoms with van der Waals surface area (Å²) in [6.07, 6.45) is 14.4. The van der Waals surface area contributed by atoms with Crippen molar-refractivity contribution in [3.05, 3.63) is 87.3 Å². The SMILES string of the molecule is CCOC(=O)CC#N.CCOC(=O)c1c(C=O)c2nn(C)cc2n1C.CCOC(=O)c1cc2nn(C)cc2[nH]1.Cc1cn(C)nc1C=O.Cn1cc2c(n1)c1cnn(C)c(=O)c1n2C.O=CC1=CC=NC1. The number of nitrogens with zero attached hydrogens (tertiary/aromatic N) is 14. The number of hydrogen-bond donors (Lipinski definition) is 1. The Bertz CT molecular complexity index is 3330. The summed E-state index contributed by atoms with van der Waals surface area (Å²) >= 11 is 0. The van der Waals surface area contributed by atoms with Crippen LogP contribution in [0.4, 0.5) is 0 Å². The third-order valence-corrected chi connectivity index (χ3v) is 9.89. The monoisotopic (exact) mass is 977 g/mol. The number of nitriles is 1. The third-order valence-electron chi connectivity index (χ3n) is 9.89. The lowest BCUT2D eigenvalue weighted by atomic mass is 10.2.